The van der Waals surface area contributed by atoms with Crippen LogP contribution in [0, 0.1) is 5.92 Å². The van der Waals surface area contributed by atoms with Crippen molar-refractivity contribution in [2.75, 3.05) is 18.2 Å². The Bertz CT molecular complexity index is 796. The lowest BCUT2D eigenvalue weighted by molar-refractivity contribution is -0.133. The fourth-order valence-electron chi connectivity index (χ4n) is 3.61. The van der Waals surface area contributed by atoms with Crippen LogP contribution in [0.2, 0.25) is 0 Å². The number of imide groups is 1. The maximum Gasteiger partial charge on any atom is 0.416 e. The lowest BCUT2D eigenvalue weighted by Gasteiger charge is -2.28. The molecule has 0 bridgehead atoms. The fourth-order valence-corrected chi connectivity index (χ4v) is 3.61. The molecule has 0 unspecified atom stereocenters. The first kappa shape index (κ1) is 16.6. The minimum atomic E-state index is -0.577. The van der Waals surface area contributed by atoms with Crippen LogP contribution in [0.15, 0.2) is 60.7 Å². The van der Waals surface area contributed by atoms with Crippen molar-refractivity contribution in [3.8, 4) is 0 Å². The first-order chi connectivity index (χ1) is 12.7. The maximum absolute atomic E-state index is 13.1. The molecule has 3 atom stereocenters. The summed E-state index contributed by atoms with van der Waals surface area (Å²) in [6.45, 7) is 2.39. The number of carbonyl (C=O) groups is 2. The quantitative estimate of drug-likeness (QED) is 0.849. The van der Waals surface area contributed by atoms with Crippen LogP contribution >= 0.6 is 0 Å². The van der Waals surface area contributed by atoms with Gasteiger partial charge in [-0.2, -0.15) is 0 Å². The molecule has 0 aromatic heterocycles. The van der Waals surface area contributed by atoms with Crippen LogP contribution in [-0.2, 0) is 14.4 Å². The van der Waals surface area contributed by atoms with Gasteiger partial charge in [-0.05, 0) is 24.6 Å². The highest BCUT2D eigenvalue weighted by Gasteiger charge is 2.49. The van der Waals surface area contributed by atoms with E-state index in [0.29, 0.717) is 0 Å². The number of hydrogen-bond acceptors (Lipinski definition) is 5. The Morgan fingerprint density at radius 3 is 2.31 bits per heavy atom. The Kier molecular flexibility index (Phi) is 4.34. The van der Waals surface area contributed by atoms with Crippen LogP contribution in [0.5, 0.6) is 0 Å². The van der Waals surface area contributed by atoms with Gasteiger partial charge in [-0.1, -0.05) is 48.5 Å². The summed E-state index contributed by atoms with van der Waals surface area (Å²) in [7, 11) is 0. The summed E-state index contributed by atoms with van der Waals surface area (Å²) in [5.74, 6) is -0.768. The van der Waals surface area contributed by atoms with Crippen molar-refractivity contribution in [3.63, 3.8) is 0 Å². The Balaban J connectivity index is 1.74. The van der Waals surface area contributed by atoms with Crippen molar-refractivity contribution >= 4 is 17.7 Å². The minimum absolute atomic E-state index is 0.241. The standard InChI is InChI=1S/C20H20N2O4/c1-14-17(19(23)21-12-13-25-20(21)24)18(15-8-4-2-5-9-15)22(26-14)16-10-6-3-7-11-16/h2-11,14,17-18H,12-13H2,1H3/t14-,17-,18-/m0/s1. The van der Waals surface area contributed by atoms with Crippen molar-refractivity contribution in [1.82, 2.24) is 4.90 Å². The van der Waals surface area contributed by atoms with Gasteiger partial charge in [-0.25, -0.2) is 14.8 Å². The Morgan fingerprint density at radius 1 is 1.04 bits per heavy atom. The van der Waals surface area contributed by atoms with Gasteiger partial charge < -0.3 is 4.74 Å². The Morgan fingerprint density at radius 2 is 1.69 bits per heavy atom. The molecule has 2 fully saturated rings. The van der Waals surface area contributed by atoms with Gasteiger partial charge in [0, 0.05) is 0 Å². The number of amides is 2. The summed E-state index contributed by atoms with van der Waals surface area (Å²) >= 11 is 0. The highest BCUT2D eigenvalue weighted by atomic mass is 16.7. The molecule has 0 saturated carbocycles. The summed E-state index contributed by atoms with van der Waals surface area (Å²) in [6.07, 6.45) is -0.950. The first-order valence-electron chi connectivity index (χ1n) is 8.71. The number of benzene rings is 2. The molecule has 0 N–H and O–H groups in total. The number of nitrogens with zero attached hydrogens (tertiary/aromatic N) is 2. The van der Waals surface area contributed by atoms with Gasteiger partial charge in [-0.15, -0.1) is 0 Å². The number of para-hydroxylation sites is 1. The van der Waals surface area contributed by atoms with E-state index in [2.05, 4.69) is 0 Å². The van der Waals surface area contributed by atoms with E-state index >= 15 is 0 Å². The molecule has 0 radical (unpaired) electrons. The van der Waals surface area contributed by atoms with Crippen LogP contribution in [-0.4, -0.2) is 36.2 Å². The van der Waals surface area contributed by atoms with E-state index in [4.69, 9.17) is 9.57 Å². The second-order valence-electron chi connectivity index (χ2n) is 6.46. The highest BCUT2D eigenvalue weighted by Crippen LogP contribution is 2.43. The highest BCUT2D eigenvalue weighted by molar-refractivity contribution is 5.95. The number of carbonyl (C=O) groups excluding carboxylic acids is 2. The summed E-state index contributed by atoms with van der Waals surface area (Å²) in [4.78, 5) is 32.3. The first-order valence-corrected chi connectivity index (χ1v) is 8.71. The van der Waals surface area contributed by atoms with Gasteiger partial charge in [0.2, 0.25) is 5.91 Å². The molecule has 2 aliphatic heterocycles. The maximum atomic E-state index is 13.1. The van der Waals surface area contributed by atoms with Crippen molar-refractivity contribution in [1.29, 1.82) is 0 Å². The second-order valence-corrected chi connectivity index (χ2v) is 6.46. The van der Waals surface area contributed by atoms with Gasteiger partial charge in [0.15, 0.2) is 0 Å². The molecule has 2 saturated heterocycles. The van der Waals surface area contributed by atoms with Gasteiger partial charge in [0.1, 0.15) is 6.61 Å². The predicted octanol–water partition coefficient (Wildman–Crippen LogP) is 3.16. The van der Waals surface area contributed by atoms with Crippen LogP contribution in [0.3, 0.4) is 0 Å². The van der Waals surface area contributed by atoms with Crippen molar-refractivity contribution < 1.29 is 19.2 Å². The third kappa shape index (κ3) is 2.82. The summed E-state index contributed by atoms with van der Waals surface area (Å²) < 4.78 is 4.95. The lowest BCUT2D eigenvalue weighted by Crippen LogP contribution is -2.41. The number of hydrogen-bond donors (Lipinski definition) is 0. The summed E-state index contributed by atoms with van der Waals surface area (Å²) in [6, 6.07) is 19.1. The average Bonchev–Trinajstić information content (AvgIpc) is 3.26. The zero-order valence-corrected chi connectivity index (χ0v) is 14.4. The van der Waals surface area contributed by atoms with E-state index in [0.717, 1.165) is 11.3 Å². The fraction of sp³-hybridized carbons (Fsp3) is 0.300. The number of cyclic esters (lactones) is 1. The number of ether oxygens (including phenoxy) is 1. The van der Waals surface area contributed by atoms with Crippen LogP contribution in [0.1, 0.15) is 18.5 Å². The molecule has 6 nitrogen and oxygen atoms in total. The molecule has 26 heavy (non-hydrogen) atoms. The van der Waals surface area contributed by atoms with Crippen LogP contribution in [0.4, 0.5) is 10.5 Å². The van der Waals surface area contributed by atoms with Gasteiger partial charge in [0.05, 0.1) is 30.3 Å². The molecule has 134 valence electrons. The zero-order valence-electron chi connectivity index (χ0n) is 14.4. The zero-order chi connectivity index (χ0) is 18.1. The number of anilines is 1. The molecule has 4 rings (SSSR count). The van der Waals surface area contributed by atoms with Gasteiger partial charge in [-0.3, -0.25) is 9.63 Å². The lowest BCUT2D eigenvalue weighted by atomic mass is 9.88. The Hall–Kier alpha value is -2.86. The molecule has 2 aromatic carbocycles. The monoisotopic (exact) mass is 352 g/mol. The average molecular weight is 352 g/mol. The smallest absolute Gasteiger partial charge is 0.416 e. The Labute approximate surface area is 151 Å². The van der Waals surface area contributed by atoms with Crippen molar-refractivity contribution in [2.45, 2.75) is 19.1 Å². The third-order valence-electron chi connectivity index (χ3n) is 4.84. The molecule has 2 aliphatic rings. The van der Waals surface area contributed by atoms with Crippen molar-refractivity contribution in [3.05, 3.63) is 66.2 Å². The van der Waals surface area contributed by atoms with E-state index in [1.807, 2.05) is 67.6 Å². The van der Waals surface area contributed by atoms with Crippen LogP contribution < -0.4 is 5.06 Å². The molecule has 6 heteroatoms. The normalized spacial score (nSPS) is 25.4. The van der Waals surface area contributed by atoms with Gasteiger partial charge in [0.25, 0.3) is 0 Å². The van der Waals surface area contributed by atoms with E-state index < -0.39 is 12.0 Å². The minimum Gasteiger partial charge on any atom is -0.447 e. The SMILES string of the molecule is C[C@@H]1ON(c2ccccc2)[C@@H](c2ccccc2)[C@H]1C(=O)N1CCOC1=O. The third-order valence-corrected chi connectivity index (χ3v) is 4.84. The van der Waals surface area contributed by atoms with Gasteiger partial charge >= 0.3 is 6.09 Å². The molecule has 2 aromatic rings. The van der Waals surface area contributed by atoms with E-state index in [1.54, 1.807) is 5.06 Å². The molecule has 0 aliphatic carbocycles. The predicted molar refractivity (Wildman–Crippen MR) is 95.2 cm³/mol. The second kappa shape index (κ2) is 6.80. The van der Waals surface area contributed by atoms with E-state index in [1.165, 1.54) is 4.90 Å². The molecule has 2 heterocycles. The van der Waals surface area contributed by atoms with E-state index in [9.17, 15) is 9.59 Å². The topological polar surface area (TPSA) is 59.1 Å². The molecular formula is C20H20N2O4. The summed E-state index contributed by atoms with van der Waals surface area (Å²) in [5.41, 5.74) is 1.83. The molecule has 0 spiro atoms. The number of rotatable bonds is 3. The van der Waals surface area contributed by atoms with Crippen molar-refractivity contribution in [2.24, 2.45) is 5.92 Å². The molecular weight excluding hydrogens is 332 g/mol. The molecule has 2 amide bonds. The van der Waals surface area contributed by atoms with Crippen LogP contribution in [0.25, 0.3) is 0 Å². The number of hydroxylamine groups is 1. The van der Waals surface area contributed by atoms with E-state index in [-0.39, 0.29) is 31.2 Å². The largest absolute Gasteiger partial charge is 0.447 e. The summed E-state index contributed by atoms with van der Waals surface area (Å²) in [5, 5.41) is 1.78.